The van der Waals surface area contributed by atoms with E-state index in [0.717, 1.165) is 40.6 Å². The number of amides is 2. The number of pyridine rings is 1. The number of rotatable bonds is 4. The van der Waals surface area contributed by atoms with Crippen LogP contribution >= 0.6 is 0 Å². The van der Waals surface area contributed by atoms with Crippen molar-refractivity contribution in [2.24, 2.45) is 0 Å². The molecule has 34 heavy (non-hydrogen) atoms. The Hall–Kier alpha value is -4.01. The van der Waals surface area contributed by atoms with Crippen molar-refractivity contribution in [1.29, 1.82) is 0 Å². The molecule has 2 aliphatic heterocycles. The number of benzene rings is 2. The second-order valence-electron chi connectivity index (χ2n) is 8.21. The van der Waals surface area contributed by atoms with Gasteiger partial charge in [-0.3, -0.25) is 14.6 Å². The molecule has 174 valence electrons. The van der Waals surface area contributed by atoms with Gasteiger partial charge in [-0.2, -0.15) is 0 Å². The minimum absolute atomic E-state index is 0.0303. The number of nitrogens with zero attached hydrogens (tertiary/aromatic N) is 2. The van der Waals surface area contributed by atoms with E-state index in [9.17, 15) is 18.4 Å². The molecule has 1 aromatic heterocycles. The molecule has 0 spiro atoms. The van der Waals surface area contributed by atoms with E-state index in [1.165, 1.54) is 0 Å². The lowest BCUT2D eigenvalue weighted by Crippen LogP contribution is -2.37. The van der Waals surface area contributed by atoms with Gasteiger partial charge in [0.2, 0.25) is 6.79 Å². The van der Waals surface area contributed by atoms with Crippen LogP contribution in [0.15, 0.2) is 42.6 Å². The summed E-state index contributed by atoms with van der Waals surface area (Å²) < 4.78 is 37.7. The molecule has 0 bridgehead atoms. The van der Waals surface area contributed by atoms with Crippen LogP contribution < -0.4 is 14.8 Å². The zero-order chi connectivity index (χ0) is 23.8. The highest BCUT2D eigenvalue weighted by Crippen LogP contribution is 2.32. The van der Waals surface area contributed by atoms with Gasteiger partial charge in [-0.1, -0.05) is 0 Å². The molecule has 9 heteroatoms. The average Bonchev–Trinajstić information content (AvgIpc) is 3.30. The summed E-state index contributed by atoms with van der Waals surface area (Å²) in [5.41, 5.74) is 3.98. The van der Waals surface area contributed by atoms with Crippen LogP contribution in [0.5, 0.6) is 11.5 Å². The van der Waals surface area contributed by atoms with Crippen molar-refractivity contribution < 1.29 is 27.8 Å². The van der Waals surface area contributed by atoms with Crippen LogP contribution in [0.25, 0.3) is 0 Å². The normalized spacial score (nSPS) is 14.0. The topological polar surface area (TPSA) is 80.8 Å². The molecule has 7 nitrogen and oxygen atoms in total. The first kappa shape index (κ1) is 21.8. The lowest BCUT2D eigenvalue weighted by molar-refractivity contribution is 0.0733. The van der Waals surface area contributed by atoms with Gasteiger partial charge in [0.15, 0.2) is 11.5 Å². The van der Waals surface area contributed by atoms with Gasteiger partial charge in [0.25, 0.3) is 11.8 Å². The van der Waals surface area contributed by atoms with Crippen molar-refractivity contribution in [3.8, 4) is 11.5 Å². The van der Waals surface area contributed by atoms with Crippen molar-refractivity contribution in [3.63, 3.8) is 0 Å². The third kappa shape index (κ3) is 4.16. The fraction of sp³-hybridized carbons (Fsp3) is 0.240. The summed E-state index contributed by atoms with van der Waals surface area (Å²) in [5, 5.41) is 2.93. The van der Waals surface area contributed by atoms with E-state index >= 15 is 0 Å². The number of fused-ring (bicyclic) bond motifs is 2. The predicted molar refractivity (Wildman–Crippen MR) is 118 cm³/mol. The second kappa shape index (κ2) is 8.74. The summed E-state index contributed by atoms with van der Waals surface area (Å²) in [6.45, 7) is 2.93. The smallest absolute Gasteiger partial charge is 0.254 e. The third-order valence-corrected chi connectivity index (χ3v) is 6.05. The lowest BCUT2D eigenvalue weighted by Gasteiger charge is -2.30. The first-order chi connectivity index (χ1) is 16.4. The number of carbonyl (C=O) groups excluding carboxylic acids is 2. The van der Waals surface area contributed by atoms with Gasteiger partial charge >= 0.3 is 0 Å². The van der Waals surface area contributed by atoms with Gasteiger partial charge in [-0.15, -0.1) is 0 Å². The van der Waals surface area contributed by atoms with Gasteiger partial charge in [0.05, 0.1) is 0 Å². The maximum Gasteiger partial charge on any atom is 0.254 e. The van der Waals surface area contributed by atoms with Crippen LogP contribution in [0.3, 0.4) is 0 Å². The zero-order valence-electron chi connectivity index (χ0n) is 18.4. The molecular formula is C25H21F2N3O4. The summed E-state index contributed by atoms with van der Waals surface area (Å²) >= 11 is 0. The van der Waals surface area contributed by atoms with E-state index in [2.05, 4.69) is 10.3 Å². The maximum absolute atomic E-state index is 13.6. The van der Waals surface area contributed by atoms with E-state index in [1.54, 1.807) is 29.3 Å². The van der Waals surface area contributed by atoms with Gasteiger partial charge in [0.1, 0.15) is 11.6 Å². The molecule has 2 aliphatic rings. The molecule has 1 N–H and O–H groups in total. The molecule has 3 heterocycles. The van der Waals surface area contributed by atoms with Crippen molar-refractivity contribution in [3.05, 3.63) is 87.7 Å². The molecule has 2 aromatic carbocycles. The summed E-state index contributed by atoms with van der Waals surface area (Å²) in [7, 11) is 0. The van der Waals surface area contributed by atoms with E-state index in [1.807, 2.05) is 6.92 Å². The Labute approximate surface area is 194 Å². The Morgan fingerprint density at radius 1 is 1.06 bits per heavy atom. The summed E-state index contributed by atoms with van der Waals surface area (Å²) in [6.07, 6.45) is 2.25. The van der Waals surface area contributed by atoms with Crippen molar-refractivity contribution in [1.82, 2.24) is 15.2 Å². The number of hydrogen-bond donors (Lipinski definition) is 1. The highest BCUT2D eigenvalue weighted by molar-refractivity contribution is 5.95. The molecular weight excluding hydrogens is 444 g/mol. The standard InChI is InChI=1S/C25H21F2N3O4/c1-14-21(11-29-24(31)15-2-3-22-23(8-15)34-13-33-22)20-4-5-30(12-17(20)10-28-14)25(32)16-6-18(26)9-19(27)7-16/h2-3,6-10H,4-5,11-13H2,1H3,(H,29,31). The van der Waals surface area contributed by atoms with Crippen molar-refractivity contribution >= 4 is 11.8 Å². The van der Waals surface area contributed by atoms with Crippen molar-refractivity contribution in [2.75, 3.05) is 13.3 Å². The number of aromatic nitrogens is 1. The Morgan fingerprint density at radius 3 is 2.62 bits per heavy atom. The summed E-state index contributed by atoms with van der Waals surface area (Å²) in [4.78, 5) is 31.5. The fourth-order valence-electron chi connectivity index (χ4n) is 4.30. The van der Waals surface area contributed by atoms with E-state index < -0.39 is 17.5 Å². The SMILES string of the molecule is Cc1ncc2c(c1CNC(=O)c1ccc3c(c1)OCO3)CCN(C(=O)c1cc(F)cc(F)c1)C2. The Kier molecular flexibility index (Phi) is 5.61. The molecule has 0 saturated carbocycles. The minimum Gasteiger partial charge on any atom is -0.454 e. The summed E-state index contributed by atoms with van der Waals surface area (Å²) in [6, 6.07) is 7.82. The highest BCUT2D eigenvalue weighted by atomic mass is 19.1. The third-order valence-electron chi connectivity index (χ3n) is 6.05. The average molecular weight is 465 g/mol. The highest BCUT2D eigenvalue weighted by Gasteiger charge is 2.26. The molecule has 0 fully saturated rings. The monoisotopic (exact) mass is 465 g/mol. The van der Waals surface area contributed by atoms with Crippen LogP contribution in [0, 0.1) is 18.6 Å². The van der Waals surface area contributed by atoms with Gasteiger partial charge in [-0.25, -0.2) is 8.78 Å². The number of carbonyl (C=O) groups is 2. The van der Waals surface area contributed by atoms with E-state index in [0.29, 0.717) is 30.0 Å². The number of hydrogen-bond acceptors (Lipinski definition) is 5. The predicted octanol–water partition coefficient (Wildman–Crippen LogP) is 3.53. The maximum atomic E-state index is 13.6. The molecule has 0 atom stereocenters. The molecule has 0 saturated heterocycles. The number of nitrogens with one attached hydrogen (secondary N) is 1. The lowest BCUT2D eigenvalue weighted by atomic mass is 9.94. The fourth-order valence-corrected chi connectivity index (χ4v) is 4.30. The molecule has 0 unspecified atom stereocenters. The number of halogens is 2. The Bertz CT molecular complexity index is 1290. The van der Waals surface area contributed by atoms with Crippen LogP contribution in [0.1, 0.15) is 43.1 Å². The largest absolute Gasteiger partial charge is 0.454 e. The van der Waals surface area contributed by atoms with Crippen LogP contribution in [-0.4, -0.2) is 35.0 Å². The van der Waals surface area contributed by atoms with Gasteiger partial charge in [-0.05, 0) is 60.4 Å². The second-order valence-corrected chi connectivity index (χ2v) is 8.21. The molecule has 2 amide bonds. The van der Waals surface area contributed by atoms with Gasteiger partial charge < -0.3 is 19.7 Å². The van der Waals surface area contributed by atoms with Crippen LogP contribution in [0.2, 0.25) is 0 Å². The quantitative estimate of drug-likeness (QED) is 0.638. The van der Waals surface area contributed by atoms with E-state index in [-0.39, 0.29) is 31.4 Å². The molecule has 0 aliphatic carbocycles. The Morgan fingerprint density at radius 2 is 1.82 bits per heavy atom. The first-order valence-corrected chi connectivity index (χ1v) is 10.8. The number of aryl methyl sites for hydroxylation is 1. The molecule has 3 aromatic rings. The Balaban J connectivity index is 1.31. The van der Waals surface area contributed by atoms with Gasteiger partial charge in [0, 0.05) is 48.7 Å². The van der Waals surface area contributed by atoms with E-state index in [4.69, 9.17) is 9.47 Å². The summed E-state index contributed by atoms with van der Waals surface area (Å²) in [5.74, 6) is -1.14. The minimum atomic E-state index is -0.793. The first-order valence-electron chi connectivity index (χ1n) is 10.8. The molecule has 5 rings (SSSR count). The van der Waals surface area contributed by atoms with Crippen LogP contribution in [-0.2, 0) is 19.5 Å². The number of ether oxygens (including phenoxy) is 2. The van der Waals surface area contributed by atoms with Crippen LogP contribution in [0.4, 0.5) is 8.78 Å². The molecule has 0 radical (unpaired) electrons. The zero-order valence-corrected chi connectivity index (χ0v) is 18.4. The van der Waals surface area contributed by atoms with Crippen molar-refractivity contribution in [2.45, 2.75) is 26.4 Å².